The molecule has 0 unspecified atom stereocenters. The number of halogens is 2. The minimum atomic E-state index is -0.744. The number of para-hydroxylation sites is 1. The molecule has 0 saturated carbocycles. The smallest absolute Gasteiger partial charge is 0.250 e. The topological polar surface area (TPSA) is 57.2 Å². The summed E-state index contributed by atoms with van der Waals surface area (Å²) in [7, 11) is 0. The Bertz CT molecular complexity index is 636. The summed E-state index contributed by atoms with van der Waals surface area (Å²) in [5.41, 5.74) is 5.87. The SMILES string of the molecule is Nc1ccc(=O)n(CCCOc2c(F)cccc2F)c1. The number of benzene rings is 1. The van der Waals surface area contributed by atoms with Crippen molar-refractivity contribution in [1.29, 1.82) is 0 Å². The zero-order valence-corrected chi connectivity index (χ0v) is 10.7. The van der Waals surface area contributed by atoms with Crippen molar-refractivity contribution < 1.29 is 13.5 Å². The summed E-state index contributed by atoms with van der Waals surface area (Å²) in [5.74, 6) is -1.88. The summed E-state index contributed by atoms with van der Waals surface area (Å²) in [5, 5.41) is 0. The molecule has 2 rings (SSSR count). The van der Waals surface area contributed by atoms with Crippen LogP contribution in [0.15, 0.2) is 41.3 Å². The Hall–Kier alpha value is -2.37. The average Bonchev–Trinajstić information content (AvgIpc) is 2.41. The van der Waals surface area contributed by atoms with Crippen LogP contribution in [0, 0.1) is 11.6 Å². The van der Waals surface area contributed by atoms with E-state index in [1.807, 2.05) is 0 Å². The number of pyridine rings is 1. The van der Waals surface area contributed by atoms with Gasteiger partial charge in [-0.3, -0.25) is 4.79 Å². The Morgan fingerprint density at radius 3 is 2.55 bits per heavy atom. The first-order valence-electron chi connectivity index (χ1n) is 6.10. The van der Waals surface area contributed by atoms with Crippen molar-refractivity contribution in [3.8, 4) is 5.75 Å². The van der Waals surface area contributed by atoms with Crippen molar-refractivity contribution in [3.05, 3.63) is 58.5 Å². The molecule has 1 heterocycles. The highest BCUT2D eigenvalue weighted by Gasteiger charge is 2.09. The number of aryl methyl sites for hydroxylation is 1. The Labute approximate surface area is 114 Å². The van der Waals surface area contributed by atoms with Gasteiger partial charge in [-0.1, -0.05) is 6.07 Å². The van der Waals surface area contributed by atoms with Crippen LogP contribution in [0.4, 0.5) is 14.5 Å². The fourth-order valence-electron chi connectivity index (χ4n) is 1.75. The van der Waals surface area contributed by atoms with E-state index >= 15 is 0 Å². The van der Waals surface area contributed by atoms with Crippen LogP contribution in [-0.2, 0) is 6.54 Å². The Morgan fingerprint density at radius 1 is 1.15 bits per heavy atom. The van der Waals surface area contributed by atoms with E-state index in [4.69, 9.17) is 10.5 Å². The first-order chi connectivity index (χ1) is 9.58. The van der Waals surface area contributed by atoms with Crippen LogP contribution in [0.2, 0.25) is 0 Å². The molecule has 0 radical (unpaired) electrons. The second-order valence-electron chi connectivity index (χ2n) is 4.25. The minimum absolute atomic E-state index is 0.0963. The lowest BCUT2D eigenvalue weighted by molar-refractivity contribution is 0.272. The van der Waals surface area contributed by atoms with Crippen LogP contribution < -0.4 is 16.0 Å². The number of nitrogens with zero attached hydrogens (tertiary/aromatic N) is 1. The second kappa shape index (κ2) is 6.18. The number of anilines is 1. The van der Waals surface area contributed by atoms with E-state index in [9.17, 15) is 13.6 Å². The molecule has 1 aromatic heterocycles. The molecule has 20 heavy (non-hydrogen) atoms. The summed E-state index contributed by atoms with van der Waals surface area (Å²) in [6.07, 6.45) is 1.95. The largest absolute Gasteiger partial charge is 0.488 e. The van der Waals surface area contributed by atoms with Gasteiger partial charge in [-0.05, 0) is 24.6 Å². The molecule has 0 amide bonds. The average molecular weight is 280 g/mol. The van der Waals surface area contributed by atoms with Gasteiger partial charge < -0.3 is 15.0 Å². The molecule has 0 bridgehead atoms. The number of nitrogens with two attached hydrogens (primary N) is 1. The van der Waals surface area contributed by atoms with Crippen LogP contribution >= 0.6 is 0 Å². The van der Waals surface area contributed by atoms with Crippen molar-refractivity contribution in [2.45, 2.75) is 13.0 Å². The third-order valence-electron chi connectivity index (χ3n) is 2.72. The van der Waals surface area contributed by atoms with Gasteiger partial charge in [-0.2, -0.15) is 0 Å². The van der Waals surface area contributed by atoms with E-state index in [-0.39, 0.29) is 12.2 Å². The number of aromatic nitrogens is 1. The molecule has 6 heteroatoms. The van der Waals surface area contributed by atoms with E-state index in [1.54, 1.807) is 0 Å². The number of nitrogen functional groups attached to an aromatic ring is 1. The molecule has 0 fully saturated rings. The zero-order valence-electron chi connectivity index (χ0n) is 10.7. The lowest BCUT2D eigenvalue weighted by atomic mass is 10.3. The summed E-state index contributed by atoms with van der Waals surface area (Å²) >= 11 is 0. The number of hydrogen-bond donors (Lipinski definition) is 1. The van der Waals surface area contributed by atoms with Crippen molar-refractivity contribution in [2.24, 2.45) is 0 Å². The highest BCUT2D eigenvalue weighted by Crippen LogP contribution is 2.20. The predicted octanol–water partition coefficient (Wildman–Crippen LogP) is 2.18. The molecule has 0 aliphatic carbocycles. The normalized spacial score (nSPS) is 10.5. The molecule has 106 valence electrons. The maximum atomic E-state index is 13.3. The van der Waals surface area contributed by atoms with Crippen molar-refractivity contribution in [3.63, 3.8) is 0 Å². The second-order valence-corrected chi connectivity index (χ2v) is 4.25. The first-order valence-corrected chi connectivity index (χ1v) is 6.10. The van der Waals surface area contributed by atoms with Gasteiger partial charge in [0.25, 0.3) is 5.56 Å². The van der Waals surface area contributed by atoms with Gasteiger partial charge in [0.15, 0.2) is 17.4 Å². The molecule has 0 spiro atoms. The molecule has 0 aliphatic heterocycles. The maximum absolute atomic E-state index is 13.3. The molecule has 1 aromatic carbocycles. The van der Waals surface area contributed by atoms with Crippen LogP contribution in [0.25, 0.3) is 0 Å². The lowest BCUT2D eigenvalue weighted by Crippen LogP contribution is -2.20. The quantitative estimate of drug-likeness (QED) is 0.854. The van der Waals surface area contributed by atoms with Crippen molar-refractivity contribution in [2.75, 3.05) is 12.3 Å². The summed E-state index contributed by atoms with van der Waals surface area (Å²) in [6, 6.07) is 6.40. The number of hydrogen-bond acceptors (Lipinski definition) is 3. The van der Waals surface area contributed by atoms with Gasteiger partial charge >= 0.3 is 0 Å². The standard InChI is InChI=1S/C14H14F2N2O2/c15-11-3-1-4-12(16)14(11)20-8-2-7-18-9-10(17)5-6-13(18)19/h1,3-6,9H,2,7-8,17H2. The Kier molecular flexibility index (Phi) is 4.34. The first kappa shape index (κ1) is 14.0. The van der Waals surface area contributed by atoms with E-state index in [2.05, 4.69) is 0 Å². The van der Waals surface area contributed by atoms with Crippen LogP contribution in [-0.4, -0.2) is 11.2 Å². The Morgan fingerprint density at radius 2 is 1.85 bits per heavy atom. The number of rotatable bonds is 5. The van der Waals surface area contributed by atoms with Crippen LogP contribution in [0.3, 0.4) is 0 Å². The molecule has 2 aromatic rings. The molecule has 2 N–H and O–H groups in total. The third-order valence-corrected chi connectivity index (χ3v) is 2.72. The van der Waals surface area contributed by atoms with Crippen molar-refractivity contribution in [1.82, 2.24) is 4.57 Å². The molecule has 0 saturated heterocycles. The van der Waals surface area contributed by atoms with Crippen molar-refractivity contribution >= 4 is 5.69 Å². The monoisotopic (exact) mass is 280 g/mol. The number of ether oxygens (including phenoxy) is 1. The molecular weight excluding hydrogens is 266 g/mol. The summed E-state index contributed by atoms with van der Waals surface area (Å²) < 4.78 is 33.1. The van der Waals surface area contributed by atoms with Gasteiger partial charge in [0.05, 0.1) is 6.61 Å². The third kappa shape index (κ3) is 3.34. The zero-order chi connectivity index (χ0) is 14.5. The Balaban J connectivity index is 1.91. The summed E-state index contributed by atoms with van der Waals surface area (Å²) in [4.78, 5) is 11.5. The fourth-order valence-corrected chi connectivity index (χ4v) is 1.75. The fraction of sp³-hybridized carbons (Fsp3) is 0.214. The highest BCUT2D eigenvalue weighted by atomic mass is 19.1. The molecule has 0 atom stereocenters. The molecule has 0 aliphatic rings. The lowest BCUT2D eigenvalue weighted by Gasteiger charge is -2.09. The van der Waals surface area contributed by atoms with Gasteiger partial charge in [-0.15, -0.1) is 0 Å². The van der Waals surface area contributed by atoms with E-state index in [1.165, 1.54) is 29.0 Å². The minimum Gasteiger partial charge on any atom is -0.488 e. The van der Waals surface area contributed by atoms with E-state index in [0.29, 0.717) is 18.7 Å². The highest BCUT2D eigenvalue weighted by molar-refractivity contribution is 5.33. The summed E-state index contributed by atoms with van der Waals surface area (Å²) in [6.45, 7) is 0.457. The van der Waals surface area contributed by atoms with Crippen LogP contribution in [0.5, 0.6) is 5.75 Å². The maximum Gasteiger partial charge on any atom is 0.250 e. The van der Waals surface area contributed by atoms with Gasteiger partial charge in [0.2, 0.25) is 0 Å². The molecular formula is C14H14F2N2O2. The molecule has 4 nitrogen and oxygen atoms in total. The van der Waals surface area contributed by atoms with Gasteiger partial charge in [0.1, 0.15) is 0 Å². The van der Waals surface area contributed by atoms with Crippen LogP contribution in [0.1, 0.15) is 6.42 Å². The van der Waals surface area contributed by atoms with Gasteiger partial charge in [-0.25, -0.2) is 8.78 Å². The predicted molar refractivity (Wildman–Crippen MR) is 71.6 cm³/mol. The van der Waals surface area contributed by atoms with E-state index in [0.717, 1.165) is 12.1 Å². The van der Waals surface area contributed by atoms with E-state index < -0.39 is 17.4 Å². The van der Waals surface area contributed by atoms with Gasteiger partial charge in [0, 0.05) is 24.5 Å².